The summed E-state index contributed by atoms with van der Waals surface area (Å²) < 4.78 is 1.15. The lowest BCUT2D eigenvalue weighted by molar-refractivity contribution is 0.481. The quantitative estimate of drug-likeness (QED) is 0.363. The van der Waals surface area contributed by atoms with Crippen LogP contribution in [0.15, 0.2) is 26.3 Å². The van der Waals surface area contributed by atoms with Gasteiger partial charge in [0.2, 0.25) is 0 Å². The van der Waals surface area contributed by atoms with Crippen LogP contribution >= 0.6 is 62.6 Å². The topological polar surface area (TPSA) is 43.8 Å². The lowest BCUT2D eigenvalue weighted by Crippen LogP contribution is -2.37. The Morgan fingerprint density at radius 1 is 1.35 bits per heavy atom. The average Bonchev–Trinajstić information content (AvgIpc) is 3.09. The van der Waals surface area contributed by atoms with Gasteiger partial charge in [0.1, 0.15) is 0 Å². The fourth-order valence-electron chi connectivity index (χ4n) is 1.88. The Kier molecular flexibility index (Phi) is 8.80. The molecule has 2 aromatic rings. The van der Waals surface area contributed by atoms with Gasteiger partial charge in [-0.15, -0.1) is 46.7 Å². The molecule has 2 rings (SSSR count). The highest BCUT2D eigenvalue weighted by Gasteiger charge is 2.09. The summed E-state index contributed by atoms with van der Waals surface area (Å²) in [4.78, 5) is 14.3. The molecule has 0 unspecified atom stereocenters. The number of aliphatic imine (C=N–C) groups is 1. The van der Waals surface area contributed by atoms with Crippen LogP contribution < -0.4 is 10.2 Å². The number of nitrogens with one attached hydrogen (secondary N) is 1. The van der Waals surface area contributed by atoms with E-state index in [1.165, 1.54) is 4.88 Å². The van der Waals surface area contributed by atoms with Gasteiger partial charge >= 0.3 is 0 Å². The number of anilines is 1. The number of thiazole rings is 1. The normalized spacial score (nSPS) is 11.1. The molecule has 0 bridgehead atoms. The highest BCUT2D eigenvalue weighted by atomic mass is 127. The number of rotatable bonds is 5. The van der Waals surface area contributed by atoms with Crippen LogP contribution in [0.2, 0.25) is 0 Å². The van der Waals surface area contributed by atoms with Gasteiger partial charge in [-0.3, -0.25) is 4.99 Å². The summed E-state index contributed by atoms with van der Waals surface area (Å²) in [6.45, 7) is 1.51. The zero-order valence-corrected chi connectivity index (χ0v) is 19.1. The molecule has 0 spiro atoms. The Balaban J connectivity index is 0.00000264. The summed E-state index contributed by atoms with van der Waals surface area (Å²) >= 11 is 6.88. The molecule has 9 heteroatoms. The minimum absolute atomic E-state index is 0. The third-order valence-corrected chi connectivity index (χ3v) is 5.61. The molecule has 0 fully saturated rings. The molecule has 2 aromatic heterocycles. The molecular weight excluding hydrogens is 509 g/mol. The largest absolute Gasteiger partial charge is 0.354 e. The molecule has 0 aliphatic carbocycles. The third-order valence-electron chi connectivity index (χ3n) is 2.95. The molecule has 0 aromatic carbocycles. The summed E-state index contributed by atoms with van der Waals surface area (Å²) in [5.74, 6) is 0.865. The second-order valence-electron chi connectivity index (χ2n) is 4.98. The number of halogens is 2. The van der Waals surface area contributed by atoms with E-state index in [2.05, 4.69) is 53.6 Å². The maximum atomic E-state index is 4.57. The zero-order valence-electron chi connectivity index (χ0n) is 13.5. The number of guanidine groups is 1. The van der Waals surface area contributed by atoms with Crippen molar-refractivity contribution in [2.24, 2.45) is 4.99 Å². The summed E-state index contributed by atoms with van der Waals surface area (Å²) in [5.41, 5.74) is 1.03. The lowest BCUT2D eigenvalue weighted by Gasteiger charge is -2.21. The molecule has 1 N–H and O–H groups in total. The van der Waals surface area contributed by atoms with Crippen molar-refractivity contribution in [1.82, 2.24) is 15.2 Å². The number of nitrogens with zero attached hydrogens (tertiary/aromatic N) is 4. The maximum absolute atomic E-state index is 4.57. The second kappa shape index (κ2) is 9.80. The molecule has 0 saturated heterocycles. The highest BCUT2D eigenvalue weighted by molar-refractivity contribution is 14.0. The van der Waals surface area contributed by atoms with Crippen LogP contribution in [0.3, 0.4) is 0 Å². The van der Waals surface area contributed by atoms with Gasteiger partial charge < -0.3 is 15.1 Å². The summed E-state index contributed by atoms with van der Waals surface area (Å²) in [5, 5.41) is 6.45. The monoisotopic (exact) mass is 529 g/mol. The van der Waals surface area contributed by atoms with E-state index < -0.39 is 0 Å². The second-order valence-corrected chi connectivity index (χ2v) is 8.36. The van der Waals surface area contributed by atoms with E-state index in [0.717, 1.165) is 27.1 Å². The van der Waals surface area contributed by atoms with Crippen molar-refractivity contribution in [3.63, 3.8) is 0 Å². The van der Waals surface area contributed by atoms with Gasteiger partial charge in [0.05, 0.1) is 22.6 Å². The molecule has 0 radical (unpaired) electrons. The van der Waals surface area contributed by atoms with Gasteiger partial charge in [0, 0.05) is 38.4 Å². The first-order chi connectivity index (χ1) is 10.5. The summed E-state index contributed by atoms with van der Waals surface area (Å²) in [6.07, 6.45) is 0. The first kappa shape index (κ1) is 20.7. The van der Waals surface area contributed by atoms with Crippen LogP contribution in [-0.4, -0.2) is 44.0 Å². The van der Waals surface area contributed by atoms with E-state index in [0.29, 0.717) is 6.54 Å². The van der Waals surface area contributed by atoms with Crippen LogP contribution in [0.5, 0.6) is 0 Å². The van der Waals surface area contributed by atoms with Crippen LogP contribution in [0.1, 0.15) is 10.6 Å². The van der Waals surface area contributed by atoms with Crippen LogP contribution in [0.4, 0.5) is 5.13 Å². The molecule has 0 aliphatic rings. The summed E-state index contributed by atoms with van der Waals surface area (Å²) in [7, 11) is 7.84. The van der Waals surface area contributed by atoms with E-state index in [9.17, 15) is 0 Å². The predicted molar refractivity (Wildman–Crippen MR) is 116 cm³/mol. The zero-order chi connectivity index (χ0) is 16.1. The Hall–Kier alpha value is -0.390. The minimum Gasteiger partial charge on any atom is -0.354 e. The lowest BCUT2D eigenvalue weighted by atomic mass is 10.4. The van der Waals surface area contributed by atoms with Gasteiger partial charge in [-0.2, -0.15) is 0 Å². The first-order valence-corrected chi connectivity index (χ1v) is 9.26. The molecule has 2 heterocycles. The van der Waals surface area contributed by atoms with Gasteiger partial charge in [-0.05, 0) is 28.1 Å². The van der Waals surface area contributed by atoms with E-state index >= 15 is 0 Å². The van der Waals surface area contributed by atoms with Crippen LogP contribution in [0, 0.1) is 0 Å². The van der Waals surface area contributed by atoms with E-state index in [-0.39, 0.29) is 24.0 Å². The number of hydrogen-bond acceptors (Lipinski definition) is 5. The Bertz CT molecular complexity index is 641. The molecule has 23 heavy (non-hydrogen) atoms. The maximum Gasteiger partial charge on any atom is 0.194 e. The Morgan fingerprint density at radius 2 is 2.09 bits per heavy atom. The minimum atomic E-state index is 0. The number of hydrogen-bond donors (Lipinski definition) is 1. The van der Waals surface area contributed by atoms with Gasteiger partial charge in [-0.25, -0.2) is 4.98 Å². The van der Waals surface area contributed by atoms with Crippen molar-refractivity contribution in [2.45, 2.75) is 13.1 Å². The number of thiophene rings is 1. The molecule has 0 aliphatic heterocycles. The fourth-order valence-corrected chi connectivity index (χ4v) is 4.18. The number of aromatic nitrogens is 1. The van der Waals surface area contributed by atoms with Gasteiger partial charge in [0.25, 0.3) is 0 Å². The SMILES string of the molecule is CN=C(NCc1csc(N(C)C)n1)N(C)Cc1ccc(Br)s1.I. The molecule has 128 valence electrons. The smallest absolute Gasteiger partial charge is 0.194 e. The van der Waals surface area contributed by atoms with Crippen molar-refractivity contribution in [2.75, 3.05) is 33.1 Å². The average molecular weight is 530 g/mol. The predicted octanol–water partition coefficient (Wildman–Crippen LogP) is 3.86. The van der Waals surface area contributed by atoms with Crippen molar-refractivity contribution in [3.8, 4) is 0 Å². The molecular formula is C14H21BrIN5S2. The molecule has 0 atom stereocenters. The van der Waals surface area contributed by atoms with E-state index in [1.54, 1.807) is 29.7 Å². The van der Waals surface area contributed by atoms with E-state index in [4.69, 9.17) is 0 Å². The van der Waals surface area contributed by atoms with Crippen LogP contribution in [0.25, 0.3) is 0 Å². The Morgan fingerprint density at radius 3 is 2.61 bits per heavy atom. The molecule has 0 amide bonds. The Labute approximate surface area is 171 Å². The fraction of sp³-hybridized carbons (Fsp3) is 0.429. The van der Waals surface area contributed by atoms with Crippen molar-refractivity contribution in [3.05, 3.63) is 31.9 Å². The van der Waals surface area contributed by atoms with Crippen molar-refractivity contribution in [1.29, 1.82) is 0 Å². The van der Waals surface area contributed by atoms with E-state index in [1.807, 2.05) is 26.0 Å². The van der Waals surface area contributed by atoms with Gasteiger partial charge in [-0.1, -0.05) is 0 Å². The standard InChI is InChI=1S/C14H20BrN5S2.HI/c1-16-13(20(4)8-11-5-6-12(15)22-11)17-7-10-9-21-14(18-10)19(2)3;/h5-6,9H,7-8H2,1-4H3,(H,16,17);1H. The van der Waals surface area contributed by atoms with Crippen molar-refractivity contribution < 1.29 is 0 Å². The summed E-state index contributed by atoms with van der Waals surface area (Å²) in [6, 6.07) is 4.20. The van der Waals surface area contributed by atoms with Gasteiger partial charge in [0.15, 0.2) is 11.1 Å². The van der Waals surface area contributed by atoms with Crippen molar-refractivity contribution >= 4 is 73.7 Å². The molecule has 5 nitrogen and oxygen atoms in total. The van der Waals surface area contributed by atoms with Crippen LogP contribution in [-0.2, 0) is 13.1 Å². The first-order valence-electron chi connectivity index (χ1n) is 6.77. The molecule has 0 saturated carbocycles. The third kappa shape index (κ3) is 6.20. The highest BCUT2D eigenvalue weighted by Crippen LogP contribution is 2.23.